The largest absolute Gasteiger partial charge is 0.480 e. The van der Waals surface area contributed by atoms with Gasteiger partial charge in [-0.3, -0.25) is 19.3 Å². The second kappa shape index (κ2) is 12.1. The topological polar surface area (TPSA) is 219 Å². The number of aliphatic hydroxyl groups is 4. The number of carboxylic acids is 2. The Morgan fingerprint density at radius 2 is 1.27 bits per heavy atom. The van der Waals surface area contributed by atoms with E-state index in [1.165, 1.54) is 0 Å². The first-order valence-electron chi connectivity index (χ1n) is 6.98. The highest BCUT2D eigenvalue weighted by atomic mass is 33.1. The number of nitrogens with zero attached hydrogens (tertiary/aromatic N) is 1. The zero-order valence-corrected chi connectivity index (χ0v) is 14.9. The van der Waals surface area contributed by atoms with Crippen molar-refractivity contribution in [1.82, 2.24) is 4.90 Å². The van der Waals surface area contributed by atoms with Crippen molar-refractivity contribution in [2.45, 2.75) is 24.3 Å². The number of hydrogen-bond acceptors (Lipinski definition) is 11. The highest BCUT2D eigenvalue weighted by molar-refractivity contribution is 8.76. The van der Waals surface area contributed by atoms with Crippen molar-refractivity contribution in [3.8, 4) is 0 Å². The molecule has 150 valence electrons. The van der Waals surface area contributed by atoms with Gasteiger partial charge < -0.3 is 36.4 Å². The van der Waals surface area contributed by atoms with Crippen LogP contribution in [0.15, 0.2) is 0 Å². The molecule has 2 amide bonds. The van der Waals surface area contributed by atoms with Crippen LogP contribution in [0.3, 0.4) is 0 Å². The summed E-state index contributed by atoms with van der Waals surface area (Å²) in [6, 6.07) is -3.06. The smallest absolute Gasteiger partial charge is 0.327 e. The van der Waals surface area contributed by atoms with Crippen LogP contribution in [-0.4, -0.2) is 108 Å². The number of aliphatic carboxylic acids is 2. The summed E-state index contributed by atoms with van der Waals surface area (Å²) in [7, 11) is 1.67. The second-order valence-electron chi connectivity index (χ2n) is 4.81. The number of rotatable bonds is 12. The van der Waals surface area contributed by atoms with Crippen molar-refractivity contribution in [1.29, 1.82) is 0 Å². The van der Waals surface area contributed by atoms with Crippen molar-refractivity contribution in [2.24, 2.45) is 5.73 Å². The predicted octanol–water partition coefficient (Wildman–Crippen LogP) is -3.71. The minimum Gasteiger partial charge on any atom is -0.480 e. The van der Waals surface area contributed by atoms with Gasteiger partial charge in [-0.1, -0.05) is 21.6 Å². The van der Waals surface area contributed by atoms with Crippen LogP contribution in [0.25, 0.3) is 0 Å². The van der Waals surface area contributed by atoms with Gasteiger partial charge in [0.05, 0.1) is 13.2 Å². The van der Waals surface area contributed by atoms with E-state index >= 15 is 0 Å². The molecule has 12 nitrogen and oxygen atoms in total. The molecule has 0 aliphatic heterocycles. The maximum atomic E-state index is 12.0. The number of carbonyl (C=O) groups is 4. The first-order chi connectivity index (χ1) is 12.1. The summed E-state index contributed by atoms with van der Waals surface area (Å²) in [5, 5.41) is 54.4. The first-order valence-corrected chi connectivity index (χ1v) is 9.47. The monoisotopic (exact) mass is 416 g/mol. The lowest BCUT2D eigenvalue weighted by Gasteiger charge is -2.29. The van der Waals surface area contributed by atoms with Crippen molar-refractivity contribution in [3.63, 3.8) is 0 Å². The molecule has 0 saturated heterocycles. The lowest BCUT2D eigenvalue weighted by atomic mass is 10.2. The van der Waals surface area contributed by atoms with Gasteiger partial charge in [0.15, 0.2) is 12.2 Å². The highest BCUT2D eigenvalue weighted by Gasteiger charge is 2.39. The number of hydrogen-bond donors (Lipinski definition) is 7. The van der Waals surface area contributed by atoms with E-state index in [2.05, 4.69) is 0 Å². The van der Waals surface area contributed by atoms with Gasteiger partial charge in [-0.05, 0) is 0 Å². The molecule has 0 radical (unpaired) electrons. The van der Waals surface area contributed by atoms with Gasteiger partial charge in [-0.15, -0.1) is 0 Å². The number of nitrogens with two attached hydrogens (primary N) is 1. The van der Waals surface area contributed by atoms with Gasteiger partial charge in [-0.2, -0.15) is 0 Å². The minimum absolute atomic E-state index is 0.0504. The normalized spacial score (nSPS) is 15.6. The maximum Gasteiger partial charge on any atom is 0.327 e. The highest BCUT2D eigenvalue weighted by Crippen LogP contribution is 2.25. The summed E-state index contributed by atoms with van der Waals surface area (Å²) in [6.07, 6.45) is -4.21. The fraction of sp³-hybridized carbons (Fsp3) is 0.667. The third-order valence-electron chi connectivity index (χ3n) is 2.86. The van der Waals surface area contributed by atoms with Gasteiger partial charge in [-0.25, -0.2) is 4.79 Å². The number of amides is 2. The van der Waals surface area contributed by atoms with Gasteiger partial charge >= 0.3 is 11.9 Å². The van der Waals surface area contributed by atoms with E-state index in [0.717, 1.165) is 21.6 Å². The van der Waals surface area contributed by atoms with E-state index in [1.54, 1.807) is 0 Å². The Labute approximate surface area is 155 Å². The molecule has 0 fully saturated rings. The summed E-state index contributed by atoms with van der Waals surface area (Å²) < 4.78 is 0. The van der Waals surface area contributed by atoms with E-state index in [9.17, 15) is 34.5 Å². The van der Waals surface area contributed by atoms with Crippen molar-refractivity contribution in [3.05, 3.63) is 0 Å². The van der Waals surface area contributed by atoms with Crippen LogP contribution in [0.4, 0.5) is 0 Å². The molecule has 0 heterocycles. The number of imide groups is 1. The minimum atomic E-state index is -2.11. The van der Waals surface area contributed by atoms with Crippen LogP contribution in [0.1, 0.15) is 0 Å². The summed E-state index contributed by atoms with van der Waals surface area (Å²) >= 11 is 0. The van der Waals surface area contributed by atoms with Gasteiger partial charge in [0.25, 0.3) is 11.8 Å². The zero-order chi connectivity index (χ0) is 20.4. The molecular formula is C12H20N2O10S2. The van der Waals surface area contributed by atoms with Crippen LogP contribution in [0, 0.1) is 0 Å². The quantitative estimate of drug-likeness (QED) is 0.120. The van der Waals surface area contributed by atoms with Crippen molar-refractivity contribution >= 4 is 45.3 Å². The summed E-state index contributed by atoms with van der Waals surface area (Å²) in [6.45, 7) is -2.20. The van der Waals surface area contributed by atoms with E-state index in [-0.39, 0.29) is 10.7 Å². The van der Waals surface area contributed by atoms with Gasteiger partial charge in [0.1, 0.15) is 12.1 Å². The summed E-state index contributed by atoms with van der Waals surface area (Å²) in [5.74, 6) is -6.38. The Balaban J connectivity index is 5.27. The maximum absolute atomic E-state index is 12.0. The number of carbonyl (C=O) groups excluding carboxylic acids is 2. The van der Waals surface area contributed by atoms with E-state index in [0.29, 0.717) is 0 Å². The van der Waals surface area contributed by atoms with Crippen LogP contribution >= 0.6 is 21.6 Å². The summed E-state index contributed by atoms with van der Waals surface area (Å²) in [4.78, 5) is 46.2. The Morgan fingerprint density at radius 3 is 1.62 bits per heavy atom. The second-order valence-corrected chi connectivity index (χ2v) is 7.36. The van der Waals surface area contributed by atoms with Crippen molar-refractivity contribution < 1.29 is 49.8 Å². The molecule has 26 heavy (non-hydrogen) atoms. The number of aliphatic hydroxyl groups excluding tert-OH is 4. The molecule has 0 aromatic heterocycles. The molecule has 4 unspecified atom stereocenters. The average molecular weight is 416 g/mol. The van der Waals surface area contributed by atoms with Crippen LogP contribution < -0.4 is 5.73 Å². The Bertz CT molecular complexity index is 498. The van der Waals surface area contributed by atoms with Crippen LogP contribution in [0.5, 0.6) is 0 Å². The number of carboxylic acid groups (broad SMARTS) is 2. The Hall–Kier alpha value is -1.42. The lowest BCUT2D eigenvalue weighted by molar-refractivity contribution is -0.166. The molecule has 0 aliphatic rings. The van der Waals surface area contributed by atoms with Crippen LogP contribution in [0.2, 0.25) is 0 Å². The van der Waals surface area contributed by atoms with Crippen molar-refractivity contribution in [2.75, 3.05) is 24.7 Å². The molecular weight excluding hydrogens is 396 g/mol. The molecule has 4 atom stereocenters. The molecule has 0 aromatic carbocycles. The van der Waals surface area contributed by atoms with E-state index in [1.807, 2.05) is 0 Å². The molecule has 0 aromatic rings. The predicted molar refractivity (Wildman–Crippen MR) is 90.0 cm³/mol. The Morgan fingerprint density at radius 1 is 0.846 bits per heavy atom. The fourth-order valence-corrected chi connectivity index (χ4v) is 3.76. The zero-order valence-electron chi connectivity index (χ0n) is 13.3. The van der Waals surface area contributed by atoms with Gasteiger partial charge in [0, 0.05) is 11.5 Å². The van der Waals surface area contributed by atoms with E-state index in [4.69, 9.17) is 21.1 Å². The first kappa shape index (κ1) is 24.6. The van der Waals surface area contributed by atoms with E-state index < -0.39 is 67.0 Å². The third-order valence-corrected chi connectivity index (χ3v) is 5.29. The standard InChI is InChI=1S/C12H20N2O10S2/c13-5(11(21)22)3-25-26-4-6(12(23)24)14(9(19)7(17)1-15)10(20)8(18)2-16/h5-8,15-18H,1-4,13H2,(H,21,22)(H,23,24). The molecule has 0 spiro atoms. The molecule has 0 bridgehead atoms. The molecule has 14 heteroatoms. The SMILES string of the molecule is NC(CSSCC(C(=O)O)N(C(=O)C(O)CO)C(=O)C(O)CO)C(=O)O. The lowest BCUT2D eigenvalue weighted by Crippen LogP contribution is -2.57. The summed E-state index contributed by atoms with van der Waals surface area (Å²) in [5.41, 5.74) is 5.27. The van der Waals surface area contributed by atoms with Crippen LogP contribution in [-0.2, 0) is 19.2 Å². The molecule has 8 N–H and O–H groups in total. The Kier molecular flexibility index (Phi) is 11.4. The molecule has 0 saturated carbocycles. The third kappa shape index (κ3) is 7.45. The molecule has 0 rings (SSSR count). The molecule has 0 aliphatic carbocycles. The van der Waals surface area contributed by atoms with Gasteiger partial charge in [0.2, 0.25) is 0 Å². The fourth-order valence-electron chi connectivity index (χ4n) is 1.45. The average Bonchev–Trinajstić information content (AvgIpc) is 2.61.